The number of allylic oxidation sites excluding steroid dienone is 10. The first-order chi connectivity index (χ1) is 39.5. The van der Waals surface area contributed by atoms with Gasteiger partial charge in [-0.3, -0.25) is 14.4 Å². The number of rotatable bonds is 65. The van der Waals surface area contributed by atoms with E-state index in [1.165, 1.54) is 238 Å². The first-order valence-electron chi connectivity index (χ1n) is 35.3. The maximum Gasteiger partial charge on any atom is 0.306 e. The third kappa shape index (κ3) is 65.9. The van der Waals surface area contributed by atoms with E-state index < -0.39 is 6.10 Å². The van der Waals surface area contributed by atoms with Gasteiger partial charge >= 0.3 is 17.9 Å². The van der Waals surface area contributed by atoms with Crippen molar-refractivity contribution in [3.63, 3.8) is 0 Å². The lowest BCUT2D eigenvalue weighted by Crippen LogP contribution is -2.30. The molecule has 0 spiro atoms. The maximum atomic E-state index is 12.9. The summed E-state index contributed by atoms with van der Waals surface area (Å²) in [5, 5.41) is 0. The average molecular weight is 1120 g/mol. The zero-order chi connectivity index (χ0) is 57.8. The fourth-order valence-electron chi connectivity index (χ4n) is 10.5. The highest BCUT2D eigenvalue weighted by Gasteiger charge is 2.19. The van der Waals surface area contributed by atoms with Gasteiger partial charge in [-0.25, -0.2) is 0 Å². The third-order valence-corrected chi connectivity index (χ3v) is 15.8. The fraction of sp³-hybridized carbons (Fsp3) is 0.824. The van der Waals surface area contributed by atoms with Crippen molar-refractivity contribution in [3.05, 3.63) is 60.8 Å². The molecule has 0 rings (SSSR count). The Morgan fingerprint density at radius 2 is 0.487 bits per heavy atom. The molecule has 0 saturated heterocycles. The van der Waals surface area contributed by atoms with E-state index in [-0.39, 0.29) is 31.1 Å². The van der Waals surface area contributed by atoms with E-state index in [1.54, 1.807) is 0 Å². The number of esters is 3. The van der Waals surface area contributed by atoms with Crippen LogP contribution < -0.4 is 0 Å². The van der Waals surface area contributed by atoms with Crippen molar-refractivity contribution >= 4 is 17.9 Å². The highest BCUT2D eigenvalue weighted by Crippen LogP contribution is 2.18. The van der Waals surface area contributed by atoms with Crippen LogP contribution in [0.25, 0.3) is 0 Å². The summed E-state index contributed by atoms with van der Waals surface area (Å²) in [4.78, 5) is 38.4. The molecule has 1 unspecified atom stereocenters. The lowest BCUT2D eigenvalue weighted by atomic mass is 10.0. The van der Waals surface area contributed by atoms with Crippen molar-refractivity contribution in [2.24, 2.45) is 0 Å². The summed E-state index contributed by atoms with van der Waals surface area (Å²) >= 11 is 0. The summed E-state index contributed by atoms with van der Waals surface area (Å²) in [6.07, 6.45) is 88.2. The lowest BCUT2D eigenvalue weighted by Gasteiger charge is -2.18. The second-order valence-electron chi connectivity index (χ2n) is 23.8. The molecule has 0 saturated carbocycles. The van der Waals surface area contributed by atoms with Crippen LogP contribution in [-0.4, -0.2) is 37.2 Å². The molecule has 0 amide bonds. The van der Waals surface area contributed by atoms with E-state index in [2.05, 4.69) is 81.5 Å². The Balaban J connectivity index is 4.27. The van der Waals surface area contributed by atoms with Gasteiger partial charge in [0.25, 0.3) is 0 Å². The minimum Gasteiger partial charge on any atom is -0.462 e. The SMILES string of the molecule is CC/C=C\C/C=C\C/C=C\CCCCCCCCCC(=O)OCC(COC(=O)CCCCCCCCCCCCCCCCCCCCCCCCCCCCC)OC(=O)CCCCCCCCC/C=C\C/C=C\CCCCCC. The summed E-state index contributed by atoms with van der Waals surface area (Å²) in [7, 11) is 0. The number of hydrogen-bond donors (Lipinski definition) is 0. The average Bonchev–Trinajstić information content (AvgIpc) is 3.46. The van der Waals surface area contributed by atoms with Gasteiger partial charge in [0.05, 0.1) is 0 Å². The van der Waals surface area contributed by atoms with Crippen LogP contribution in [0.1, 0.15) is 374 Å². The molecule has 0 aliphatic heterocycles. The molecule has 0 N–H and O–H groups in total. The van der Waals surface area contributed by atoms with Gasteiger partial charge in [0.15, 0.2) is 6.10 Å². The third-order valence-electron chi connectivity index (χ3n) is 15.8. The van der Waals surface area contributed by atoms with Crippen LogP contribution in [0.5, 0.6) is 0 Å². The number of hydrogen-bond acceptors (Lipinski definition) is 6. The quantitative estimate of drug-likeness (QED) is 0.0261. The first-order valence-corrected chi connectivity index (χ1v) is 35.3. The van der Waals surface area contributed by atoms with Crippen LogP contribution in [-0.2, 0) is 28.6 Å². The zero-order valence-corrected chi connectivity index (χ0v) is 53.6. The molecular formula is C74H134O6. The van der Waals surface area contributed by atoms with Crippen LogP contribution >= 0.6 is 0 Å². The van der Waals surface area contributed by atoms with E-state index in [1.807, 2.05) is 0 Å². The van der Waals surface area contributed by atoms with E-state index in [4.69, 9.17) is 14.2 Å². The van der Waals surface area contributed by atoms with Crippen LogP contribution in [0.3, 0.4) is 0 Å². The number of unbranched alkanes of at least 4 members (excludes halogenated alkanes) is 44. The largest absolute Gasteiger partial charge is 0.462 e. The van der Waals surface area contributed by atoms with Gasteiger partial charge in [-0.05, 0) is 83.5 Å². The second kappa shape index (κ2) is 68.6. The van der Waals surface area contributed by atoms with Crippen LogP contribution in [0.2, 0.25) is 0 Å². The lowest BCUT2D eigenvalue weighted by molar-refractivity contribution is -0.167. The highest BCUT2D eigenvalue weighted by molar-refractivity contribution is 5.71. The van der Waals surface area contributed by atoms with Crippen molar-refractivity contribution in [3.8, 4) is 0 Å². The molecule has 80 heavy (non-hydrogen) atoms. The molecular weight excluding hydrogens is 985 g/mol. The Morgan fingerprint density at radius 1 is 0.263 bits per heavy atom. The molecule has 0 aliphatic rings. The molecule has 466 valence electrons. The minimum absolute atomic E-state index is 0.0772. The first kappa shape index (κ1) is 77.1. The van der Waals surface area contributed by atoms with Crippen molar-refractivity contribution in [1.82, 2.24) is 0 Å². The van der Waals surface area contributed by atoms with Gasteiger partial charge in [-0.1, -0.05) is 332 Å². The summed E-state index contributed by atoms with van der Waals surface area (Å²) in [5.74, 6) is -0.872. The van der Waals surface area contributed by atoms with Crippen LogP contribution in [0.4, 0.5) is 0 Å². The van der Waals surface area contributed by atoms with Crippen molar-refractivity contribution in [2.75, 3.05) is 13.2 Å². The Kier molecular flexibility index (Phi) is 66.1. The molecule has 0 radical (unpaired) electrons. The van der Waals surface area contributed by atoms with Gasteiger partial charge in [-0.2, -0.15) is 0 Å². The summed E-state index contributed by atoms with van der Waals surface area (Å²) in [6.45, 7) is 6.56. The fourth-order valence-corrected chi connectivity index (χ4v) is 10.5. The number of ether oxygens (including phenoxy) is 3. The molecule has 0 bridgehead atoms. The molecule has 0 aromatic rings. The van der Waals surface area contributed by atoms with Crippen molar-refractivity contribution < 1.29 is 28.6 Å². The Bertz CT molecular complexity index is 1430. The highest BCUT2D eigenvalue weighted by atomic mass is 16.6. The summed E-state index contributed by atoms with van der Waals surface area (Å²) in [6, 6.07) is 0. The molecule has 0 aromatic carbocycles. The van der Waals surface area contributed by atoms with Gasteiger partial charge in [0.1, 0.15) is 13.2 Å². The Morgan fingerprint density at radius 3 is 0.775 bits per heavy atom. The van der Waals surface area contributed by atoms with Gasteiger partial charge in [0.2, 0.25) is 0 Å². The molecule has 0 fully saturated rings. The standard InChI is InChI=1S/C74H134O6/c1-4-7-10-13-16-19-22-25-28-31-33-34-35-36-37-38-39-40-41-44-46-49-52-55-58-61-64-67-73(76)79-70-71(69-78-72(75)66-63-60-57-54-51-48-45-42-30-27-24-21-18-15-12-9-6-3)80-74(77)68-65-62-59-56-53-50-47-43-32-29-26-23-20-17-14-11-8-5-2/h9,12,18,20-21,23,27,29-30,32,71H,4-8,10-11,13-17,19,22,24-26,28,31,33-70H2,1-3H3/b12-9-,21-18-,23-20-,30-27-,32-29-. The van der Waals surface area contributed by atoms with Crippen LogP contribution in [0, 0.1) is 0 Å². The second-order valence-corrected chi connectivity index (χ2v) is 23.8. The molecule has 6 nitrogen and oxygen atoms in total. The van der Waals surface area contributed by atoms with E-state index in [0.29, 0.717) is 19.3 Å². The van der Waals surface area contributed by atoms with Crippen molar-refractivity contribution in [1.29, 1.82) is 0 Å². The molecule has 0 aromatic heterocycles. The van der Waals surface area contributed by atoms with E-state index >= 15 is 0 Å². The Hall–Kier alpha value is -2.89. The molecule has 1 atom stereocenters. The zero-order valence-electron chi connectivity index (χ0n) is 53.6. The Labute approximate surface area is 498 Å². The predicted octanol–water partition coefficient (Wildman–Crippen LogP) is 24.3. The molecule has 0 heterocycles. The smallest absolute Gasteiger partial charge is 0.306 e. The molecule has 6 heteroatoms. The van der Waals surface area contributed by atoms with E-state index in [9.17, 15) is 14.4 Å². The van der Waals surface area contributed by atoms with E-state index in [0.717, 1.165) is 96.3 Å². The van der Waals surface area contributed by atoms with Crippen LogP contribution in [0.15, 0.2) is 60.8 Å². The summed E-state index contributed by atoms with van der Waals surface area (Å²) in [5.41, 5.74) is 0. The summed E-state index contributed by atoms with van der Waals surface area (Å²) < 4.78 is 17.0. The normalized spacial score (nSPS) is 12.4. The number of carbonyl (C=O) groups is 3. The minimum atomic E-state index is -0.783. The topological polar surface area (TPSA) is 78.9 Å². The van der Waals surface area contributed by atoms with Crippen molar-refractivity contribution in [2.45, 2.75) is 380 Å². The molecule has 0 aliphatic carbocycles. The van der Waals surface area contributed by atoms with Gasteiger partial charge in [0, 0.05) is 19.3 Å². The van der Waals surface area contributed by atoms with Gasteiger partial charge < -0.3 is 14.2 Å². The monoisotopic (exact) mass is 1120 g/mol. The predicted molar refractivity (Wildman–Crippen MR) is 348 cm³/mol. The van der Waals surface area contributed by atoms with Gasteiger partial charge in [-0.15, -0.1) is 0 Å². The maximum absolute atomic E-state index is 12.9. The number of carbonyl (C=O) groups excluding carboxylic acids is 3.